The van der Waals surface area contributed by atoms with Crippen molar-refractivity contribution in [3.05, 3.63) is 29.3 Å². The Kier molecular flexibility index (Phi) is 8.00. The molecule has 0 radical (unpaired) electrons. The van der Waals surface area contributed by atoms with Crippen LogP contribution >= 0.6 is 0 Å². The quantitative estimate of drug-likeness (QED) is 0.648. The van der Waals surface area contributed by atoms with E-state index in [0.717, 1.165) is 0 Å². The first kappa shape index (κ1) is 16.6. The van der Waals surface area contributed by atoms with E-state index in [1.807, 2.05) is 27.7 Å². The van der Waals surface area contributed by atoms with Crippen molar-refractivity contribution in [3.63, 3.8) is 0 Å². The minimum Gasteiger partial charge on any atom is -0.491 e. The number of hydrogen-bond acceptors (Lipinski definition) is 4. The highest BCUT2D eigenvalue weighted by Gasteiger charge is 2.12. The van der Waals surface area contributed by atoms with E-state index in [-0.39, 0.29) is 6.10 Å². The third-order valence-corrected chi connectivity index (χ3v) is 2.05. The molecule has 0 saturated carbocycles. The first-order chi connectivity index (χ1) is 8.58. The zero-order chi connectivity index (χ0) is 14.1. The van der Waals surface area contributed by atoms with Crippen molar-refractivity contribution in [3.8, 4) is 5.75 Å². The Morgan fingerprint density at radius 1 is 1.28 bits per heavy atom. The molecule has 0 aliphatic rings. The second kappa shape index (κ2) is 8.66. The summed E-state index contributed by atoms with van der Waals surface area (Å²) in [4.78, 5) is 10.9. The van der Waals surface area contributed by atoms with Gasteiger partial charge in [0.2, 0.25) is 0 Å². The molecule has 0 aromatic heterocycles. The zero-order valence-electron chi connectivity index (χ0n) is 11.6. The van der Waals surface area contributed by atoms with Gasteiger partial charge in [-0.2, -0.15) is 0 Å². The number of benzene rings is 1. The summed E-state index contributed by atoms with van der Waals surface area (Å²) in [6.45, 7) is 7.80. The molecule has 0 heterocycles. The molecule has 4 heteroatoms. The van der Waals surface area contributed by atoms with Gasteiger partial charge in [0, 0.05) is 18.2 Å². The van der Waals surface area contributed by atoms with Crippen LogP contribution in [0.2, 0.25) is 0 Å². The molecule has 0 aliphatic heterocycles. The third kappa shape index (κ3) is 4.85. The fraction of sp³-hybridized carbons (Fsp3) is 0.500. The van der Waals surface area contributed by atoms with Gasteiger partial charge in [0.25, 0.3) is 0 Å². The number of methoxy groups -OCH3 is 1. The molecule has 1 aromatic carbocycles. The van der Waals surface area contributed by atoms with Crippen LogP contribution in [0.1, 0.15) is 49.9 Å². The maximum absolute atomic E-state index is 10.9. The second-order valence-corrected chi connectivity index (χ2v) is 3.66. The van der Waals surface area contributed by atoms with Gasteiger partial charge in [0.1, 0.15) is 5.75 Å². The molecule has 18 heavy (non-hydrogen) atoms. The SMILES string of the molecule is CC.COC(O)c1ccc(OC(C)C)cc1C=O. The van der Waals surface area contributed by atoms with Crippen molar-refractivity contribution in [2.45, 2.75) is 40.1 Å². The van der Waals surface area contributed by atoms with Crippen LogP contribution in [0.3, 0.4) is 0 Å². The van der Waals surface area contributed by atoms with Gasteiger partial charge in [-0.25, -0.2) is 0 Å². The molecule has 4 nitrogen and oxygen atoms in total. The van der Waals surface area contributed by atoms with Crippen molar-refractivity contribution in [2.75, 3.05) is 7.11 Å². The van der Waals surface area contributed by atoms with Crippen LogP contribution in [0.15, 0.2) is 18.2 Å². The first-order valence-corrected chi connectivity index (χ1v) is 6.05. The van der Waals surface area contributed by atoms with Crippen LogP contribution in [0.5, 0.6) is 5.75 Å². The Labute approximate surface area is 109 Å². The maximum Gasteiger partial charge on any atom is 0.181 e. The van der Waals surface area contributed by atoms with E-state index in [1.54, 1.807) is 18.2 Å². The lowest BCUT2D eigenvalue weighted by atomic mass is 10.1. The van der Waals surface area contributed by atoms with Crippen molar-refractivity contribution in [2.24, 2.45) is 0 Å². The van der Waals surface area contributed by atoms with Crippen molar-refractivity contribution >= 4 is 6.29 Å². The summed E-state index contributed by atoms with van der Waals surface area (Å²) in [5, 5.41) is 9.49. The largest absolute Gasteiger partial charge is 0.491 e. The Bertz CT molecular complexity index is 361. The monoisotopic (exact) mass is 254 g/mol. The molecule has 1 N–H and O–H groups in total. The topological polar surface area (TPSA) is 55.8 Å². The van der Waals surface area contributed by atoms with E-state index in [1.165, 1.54) is 7.11 Å². The van der Waals surface area contributed by atoms with Gasteiger partial charge in [0.05, 0.1) is 6.10 Å². The average Bonchev–Trinajstić information content (AvgIpc) is 2.39. The minimum absolute atomic E-state index is 0.0395. The van der Waals surface area contributed by atoms with Crippen LogP contribution in [0.25, 0.3) is 0 Å². The molecular weight excluding hydrogens is 232 g/mol. The molecule has 0 fully saturated rings. The molecule has 0 amide bonds. The van der Waals surface area contributed by atoms with Crippen molar-refractivity contribution in [1.29, 1.82) is 0 Å². The Morgan fingerprint density at radius 3 is 2.33 bits per heavy atom. The summed E-state index contributed by atoms with van der Waals surface area (Å²) in [5.74, 6) is 0.601. The highest BCUT2D eigenvalue weighted by molar-refractivity contribution is 5.78. The van der Waals surface area contributed by atoms with Crippen LogP contribution < -0.4 is 4.74 Å². The van der Waals surface area contributed by atoms with Crippen LogP contribution in [0, 0.1) is 0 Å². The number of ether oxygens (including phenoxy) is 2. The number of aliphatic hydroxyl groups is 1. The van der Waals surface area contributed by atoms with Gasteiger partial charge in [-0.15, -0.1) is 0 Å². The van der Waals surface area contributed by atoms with Crippen molar-refractivity contribution < 1.29 is 19.4 Å². The molecule has 1 rings (SSSR count). The second-order valence-electron chi connectivity index (χ2n) is 3.66. The van der Waals surface area contributed by atoms with Crippen LogP contribution in [0.4, 0.5) is 0 Å². The summed E-state index contributed by atoms with van der Waals surface area (Å²) in [6.07, 6.45) is -0.379. The average molecular weight is 254 g/mol. The number of carbonyl (C=O) groups is 1. The number of rotatable bonds is 5. The van der Waals surface area contributed by atoms with E-state index < -0.39 is 6.29 Å². The lowest BCUT2D eigenvalue weighted by Gasteiger charge is -2.14. The van der Waals surface area contributed by atoms with Crippen LogP contribution in [-0.4, -0.2) is 24.6 Å². The van der Waals surface area contributed by atoms with Gasteiger partial charge in [0.15, 0.2) is 12.6 Å². The number of hydrogen-bond donors (Lipinski definition) is 1. The normalized spacial score (nSPS) is 11.5. The van der Waals surface area contributed by atoms with E-state index in [9.17, 15) is 9.90 Å². The predicted molar refractivity (Wildman–Crippen MR) is 70.9 cm³/mol. The molecule has 0 saturated heterocycles. The molecule has 0 spiro atoms. The van der Waals surface area contributed by atoms with Gasteiger partial charge < -0.3 is 14.6 Å². The summed E-state index contributed by atoms with van der Waals surface area (Å²) in [6, 6.07) is 4.91. The fourth-order valence-corrected chi connectivity index (χ4v) is 1.35. The lowest BCUT2D eigenvalue weighted by Crippen LogP contribution is -2.08. The first-order valence-electron chi connectivity index (χ1n) is 6.05. The highest BCUT2D eigenvalue weighted by atomic mass is 16.6. The summed E-state index contributed by atoms with van der Waals surface area (Å²) in [7, 11) is 1.37. The fourth-order valence-electron chi connectivity index (χ4n) is 1.35. The van der Waals surface area contributed by atoms with E-state index in [4.69, 9.17) is 9.47 Å². The van der Waals surface area contributed by atoms with Gasteiger partial charge in [-0.3, -0.25) is 4.79 Å². The molecular formula is C14H22O4. The smallest absolute Gasteiger partial charge is 0.181 e. The number of carbonyl (C=O) groups excluding carboxylic acids is 1. The molecule has 0 aliphatic carbocycles. The molecule has 102 valence electrons. The van der Waals surface area contributed by atoms with E-state index in [0.29, 0.717) is 23.2 Å². The Hall–Kier alpha value is -1.39. The molecule has 1 unspecified atom stereocenters. The Balaban J connectivity index is 0.00000137. The minimum atomic E-state index is -1.09. The predicted octanol–water partition coefficient (Wildman–Crippen LogP) is 2.95. The Morgan fingerprint density at radius 2 is 1.89 bits per heavy atom. The number of aldehydes is 1. The standard InChI is InChI=1S/C12H16O4.C2H6/c1-8(2)16-10-4-5-11(12(14)15-3)9(6-10)7-13;1-2/h4-8,12,14H,1-3H3;1-2H3. The lowest BCUT2D eigenvalue weighted by molar-refractivity contribution is -0.0772. The summed E-state index contributed by atoms with van der Waals surface area (Å²) < 4.78 is 10.2. The molecule has 1 aromatic rings. The molecule has 0 bridgehead atoms. The highest BCUT2D eigenvalue weighted by Crippen LogP contribution is 2.23. The zero-order valence-corrected chi connectivity index (χ0v) is 11.6. The summed E-state index contributed by atoms with van der Waals surface area (Å²) >= 11 is 0. The van der Waals surface area contributed by atoms with Gasteiger partial charge in [-0.05, 0) is 32.0 Å². The van der Waals surface area contributed by atoms with E-state index >= 15 is 0 Å². The third-order valence-electron chi connectivity index (χ3n) is 2.05. The van der Waals surface area contributed by atoms with Crippen molar-refractivity contribution in [1.82, 2.24) is 0 Å². The van der Waals surface area contributed by atoms with Gasteiger partial charge in [-0.1, -0.05) is 13.8 Å². The van der Waals surface area contributed by atoms with Crippen LogP contribution in [-0.2, 0) is 4.74 Å². The maximum atomic E-state index is 10.9. The summed E-state index contributed by atoms with van der Waals surface area (Å²) in [5.41, 5.74) is 0.807. The number of aliphatic hydroxyl groups excluding tert-OH is 1. The van der Waals surface area contributed by atoms with E-state index in [2.05, 4.69) is 0 Å². The van der Waals surface area contributed by atoms with Gasteiger partial charge >= 0.3 is 0 Å². The molecule has 1 atom stereocenters.